The van der Waals surface area contributed by atoms with Gasteiger partial charge in [-0.2, -0.15) is 0 Å². The van der Waals surface area contributed by atoms with Gasteiger partial charge in [-0.3, -0.25) is 9.36 Å². The Bertz CT molecular complexity index is 2320. The number of thiazole rings is 1. The van der Waals surface area contributed by atoms with Crippen molar-refractivity contribution in [3.63, 3.8) is 0 Å². The molecule has 0 aliphatic carbocycles. The Balaban J connectivity index is 1.30. The molecule has 4 aromatic carbocycles. The molecule has 6 aromatic rings. The maximum atomic E-state index is 14.2. The van der Waals surface area contributed by atoms with Gasteiger partial charge in [-0.1, -0.05) is 90.2 Å². The van der Waals surface area contributed by atoms with Gasteiger partial charge < -0.3 is 9.47 Å². The van der Waals surface area contributed by atoms with E-state index in [0.717, 1.165) is 34.5 Å². The van der Waals surface area contributed by atoms with Crippen LogP contribution in [-0.4, -0.2) is 17.1 Å². The first kappa shape index (κ1) is 32.0. The van der Waals surface area contributed by atoms with E-state index in [1.165, 1.54) is 33.4 Å². The Labute approximate surface area is 306 Å². The Kier molecular flexibility index (Phi) is 9.44. The van der Waals surface area contributed by atoms with Crippen molar-refractivity contribution in [2.45, 2.75) is 19.6 Å². The van der Waals surface area contributed by atoms with Gasteiger partial charge in [0, 0.05) is 10.4 Å². The summed E-state index contributed by atoms with van der Waals surface area (Å²) in [6.45, 7) is 2.43. The smallest absolute Gasteiger partial charge is 0.338 e. The van der Waals surface area contributed by atoms with Crippen molar-refractivity contribution in [1.82, 2.24) is 4.57 Å². The number of ether oxygens (including phenoxy) is 2. The van der Waals surface area contributed by atoms with Crippen molar-refractivity contribution in [3.05, 3.63) is 156 Å². The van der Waals surface area contributed by atoms with Gasteiger partial charge in [-0.25, -0.2) is 9.79 Å². The number of rotatable bonds is 8. The summed E-state index contributed by atoms with van der Waals surface area (Å²) < 4.78 is 16.0. The monoisotopic (exact) mass is 880 g/mol. The second-order valence-electron chi connectivity index (χ2n) is 10.7. The van der Waals surface area contributed by atoms with Gasteiger partial charge in [-0.05, 0) is 104 Å². The number of benzene rings is 4. The molecule has 0 saturated heterocycles. The number of hydrogen-bond acceptors (Lipinski definition) is 7. The molecule has 0 unspecified atom stereocenters. The molecule has 47 heavy (non-hydrogen) atoms. The summed E-state index contributed by atoms with van der Waals surface area (Å²) in [5.41, 5.74) is 3.46. The van der Waals surface area contributed by atoms with E-state index < -0.39 is 12.0 Å². The molecule has 7 rings (SSSR count). The van der Waals surface area contributed by atoms with Crippen molar-refractivity contribution in [1.29, 1.82) is 0 Å². The molecule has 6 nitrogen and oxygen atoms in total. The lowest BCUT2D eigenvalue weighted by Gasteiger charge is -2.24. The molecule has 0 radical (unpaired) electrons. The molecule has 1 aliphatic heterocycles. The molecule has 1 aliphatic rings. The molecular weight excluding hydrogens is 854 g/mol. The maximum absolute atomic E-state index is 14.2. The van der Waals surface area contributed by atoms with Crippen LogP contribution in [0.5, 0.6) is 5.75 Å². The summed E-state index contributed by atoms with van der Waals surface area (Å²) in [4.78, 5) is 34.1. The van der Waals surface area contributed by atoms with E-state index in [0.29, 0.717) is 27.2 Å². The molecule has 2 aromatic heterocycles. The van der Waals surface area contributed by atoms with Crippen LogP contribution in [-0.2, 0) is 16.1 Å². The Hall–Kier alpha value is -3.59. The van der Waals surface area contributed by atoms with Crippen molar-refractivity contribution in [2.24, 2.45) is 4.99 Å². The Morgan fingerprint density at radius 2 is 1.70 bits per heavy atom. The number of halogens is 2. The van der Waals surface area contributed by atoms with Crippen molar-refractivity contribution in [3.8, 4) is 5.75 Å². The Morgan fingerprint density at radius 3 is 2.45 bits per heavy atom. The predicted molar refractivity (Wildman–Crippen MR) is 206 cm³/mol. The number of esters is 1. The molecule has 0 spiro atoms. The van der Waals surface area contributed by atoms with E-state index in [-0.39, 0.29) is 12.2 Å². The van der Waals surface area contributed by atoms with E-state index in [9.17, 15) is 9.59 Å². The molecule has 0 N–H and O–H groups in total. The highest BCUT2D eigenvalue weighted by molar-refractivity contribution is 14.1. The van der Waals surface area contributed by atoms with E-state index in [1.54, 1.807) is 11.5 Å². The zero-order valence-corrected chi connectivity index (χ0v) is 30.9. The van der Waals surface area contributed by atoms with Crippen LogP contribution in [0.4, 0.5) is 0 Å². The van der Waals surface area contributed by atoms with Crippen LogP contribution in [0.2, 0.25) is 0 Å². The van der Waals surface area contributed by atoms with Gasteiger partial charge in [0.15, 0.2) is 4.80 Å². The van der Waals surface area contributed by atoms with Gasteiger partial charge in [0.05, 0.1) is 29.5 Å². The second-order valence-corrected chi connectivity index (χ2v) is 15.0. The average molecular weight is 881 g/mol. The number of carbonyl (C=O) groups excluding carboxylic acids is 1. The molecule has 10 heteroatoms. The highest BCUT2D eigenvalue weighted by Crippen LogP contribution is 2.37. The standard InChI is InChI=1S/C37H26I2N2O4S2/c1-2-44-36(43)31-32(24-11-4-3-5-12-24)40-37-41(33(31)29-16-9-17-46-29)35(42)30(47-37)20-22-18-27(38)34(28(39)19-22)45-21-25-14-8-13-23-10-6-7-15-26(23)25/h3-20,33H,2,21H2,1H3/b30-20-/t33-/m0/s1. The molecule has 0 fully saturated rings. The minimum absolute atomic E-state index is 0.206. The number of fused-ring (bicyclic) bond motifs is 2. The third-order valence-electron chi connectivity index (χ3n) is 7.76. The van der Waals surface area contributed by atoms with Crippen LogP contribution in [0, 0.1) is 7.14 Å². The molecule has 234 valence electrons. The first-order chi connectivity index (χ1) is 22.9. The first-order valence-corrected chi connectivity index (χ1v) is 18.7. The number of thiophene rings is 1. The van der Waals surface area contributed by atoms with Crippen molar-refractivity contribution >= 4 is 96.4 Å². The van der Waals surface area contributed by atoms with Gasteiger partial charge in [-0.15, -0.1) is 11.3 Å². The van der Waals surface area contributed by atoms with Crippen molar-refractivity contribution in [2.75, 3.05) is 6.61 Å². The summed E-state index contributed by atoms with van der Waals surface area (Å²) in [6, 6.07) is 31.4. The topological polar surface area (TPSA) is 69.9 Å². The largest absolute Gasteiger partial charge is 0.487 e. The number of carbonyl (C=O) groups is 1. The Morgan fingerprint density at radius 1 is 0.957 bits per heavy atom. The van der Waals surface area contributed by atoms with E-state index in [4.69, 9.17) is 14.5 Å². The van der Waals surface area contributed by atoms with E-state index in [1.807, 2.05) is 78.2 Å². The minimum Gasteiger partial charge on any atom is -0.487 e. The summed E-state index contributed by atoms with van der Waals surface area (Å²) in [5, 5.41) is 4.31. The quantitative estimate of drug-likeness (QED) is 0.115. The molecule has 0 saturated carbocycles. The third kappa shape index (κ3) is 6.35. The number of hydrogen-bond donors (Lipinski definition) is 0. The molecule has 0 amide bonds. The molecule has 3 heterocycles. The van der Waals surface area contributed by atoms with E-state index in [2.05, 4.69) is 75.5 Å². The van der Waals surface area contributed by atoms with E-state index >= 15 is 0 Å². The summed E-state index contributed by atoms with van der Waals surface area (Å²) >= 11 is 7.40. The molecule has 0 bridgehead atoms. The third-order valence-corrected chi connectivity index (χ3v) is 11.3. The lowest BCUT2D eigenvalue weighted by Crippen LogP contribution is -2.39. The van der Waals surface area contributed by atoms with Crippen LogP contribution in [0.1, 0.15) is 34.5 Å². The number of aromatic nitrogens is 1. The van der Waals surface area contributed by atoms with Crippen LogP contribution in [0.15, 0.2) is 118 Å². The fraction of sp³-hybridized carbons (Fsp3) is 0.108. The highest BCUT2D eigenvalue weighted by atomic mass is 127. The predicted octanol–water partition coefficient (Wildman–Crippen LogP) is 7.94. The highest BCUT2D eigenvalue weighted by Gasteiger charge is 2.35. The zero-order valence-electron chi connectivity index (χ0n) is 25.0. The lowest BCUT2D eigenvalue weighted by molar-refractivity contribution is -0.138. The van der Waals surface area contributed by atoms with Gasteiger partial charge in [0.1, 0.15) is 18.4 Å². The summed E-state index contributed by atoms with van der Waals surface area (Å²) in [7, 11) is 0. The summed E-state index contributed by atoms with van der Waals surface area (Å²) in [5.74, 6) is 0.327. The first-order valence-electron chi connectivity index (χ1n) is 14.8. The van der Waals surface area contributed by atoms with Crippen LogP contribution in [0.3, 0.4) is 0 Å². The fourth-order valence-corrected chi connectivity index (χ4v) is 9.63. The van der Waals surface area contributed by atoms with Gasteiger partial charge in [0.25, 0.3) is 5.56 Å². The molecule has 1 atom stereocenters. The minimum atomic E-state index is -0.659. The average Bonchev–Trinajstić information content (AvgIpc) is 3.72. The van der Waals surface area contributed by atoms with Crippen molar-refractivity contribution < 1.29 is 14.3 Å². The fourth-order valence-electron chi connectivity index (χ4n) is 5.68. The lowest BCUT2D eigenvalue weighted by atomic mass is 9.97. The zero-order chi connectivity index (χ0) is 32.5. The van der Waals surface area contributed by atoms with Gasteiger partial charge in [0.2, 0.25) is 0 Å². The molecular formula is C37H26I2N2O4S2. The number of nitrogens with zero attached hydrogens (tertiary/aromatic N) is 2. The maximum Gasteiger partial charge on any atom is 0.338 e. The van der Waals surface area contributed by atoms with Crippen LogP contribution >= 0.6 is 67.9 Å². The van der Waals surface area contributed by atoms with Gasteiger partial charge >= 0.3 is 5.97 Å². The SMILES string of the molecule is CCOC(=O)C1=C(c2ccccc2)N=c2s/c(=C\c3cc(I)c(OCc4cccc5ccccc45)c(I)c3)c(=O)n2[C@H]1c1cccs1. The summed E-state index contributed by atoms with van der Waals surface area (Å²) in [6.07, 6.45) is 1.89. The second kappa shape index (κ2) is 13.9. The normalized spacial score (nSPS) is 14.6. The van der Waals surface area contributed by atoms with Crippen LogP contribution in [0.25, 0.3) is 22.5 Å². The van der Waals surface area contributed by atoms with Crippen LogP contribution < -0.4 is 19.6 Å².